The third kappa shape index (κ3) is 3.97. The highest BCUT2D eigenvalue weighted by atomic mass is 32.5. The number of methoxy groups -OCH3 is 1. The van der Waals surface area contributed by atoms with E-state index >= 15 is 0 Å². The molecule has 4 atom stereocenters. The van der Waals surface area contributed by atoms with Gasteiger partial charge in [-0.2, -0.15) is 0 Å². The lowest BCUT2D eigenvalue weighted by atomic mass is 9.96. The van der Waals surface area contributed by atoms with Gasteiger partial charge in [-0.1, -0.05) is 11.8 Å². The van der Waals surface area contributed by atoms with E-state index in [9.17, 15) is 4.89 Å². The van der Waals surface area contributed by atoms with E-state index in [1.54, 1.807) is 7.11 Å². The fraction of sp³-hybridized carbons (Fsp3) is 1.00. The first-order valence-electron chi connectivity index (χ1n) is 4.29. The zero-order valence-electron chi connectivity index (χ0n) is 8.21. The minimum Gasteiger partial charge on any atom is -0.801 e. The Balaban J connectivity index is 2.53. The molecule has 0 aromatic heterocycles. The van der Waals surface area contributed by atoms with Crippen LogP contribution in [-0.2, 0) is 25.8 Å². The highest BCUT2D eigenvalue weighted by molar-refractivity contribution is 8.08. The first-order chi connectivity index (χ1) is 6.42. The molecule has 0 aromatic carbocycles. The largest absolute Gasteiger partial charge is 0.801 e. The Morgan fingerprint density at radius 2 is 2.36 bits per heavy atom. The zero-order valence-corrected chi connectivity index (χ0v) is 9.92. The quantitative estimate of drug-likeness (QED) is 0.490. The van der Waals surface area contributed by atoms with E-state index in [0.717, 1.165) is 0 Å². The van der Waals surface area contributed by atoms with Gasteiger partial charge in [0.15, 0.2) is 0 Å². The molecule has 0 aliphatic carbocycles. The molecular formula is C7H13BO4PS-. The minimum absolute atomic E-state index is 0.272. The van der Waals surface area contributed by atoms with Crippen LogP contribution < -0.4 is 4.89 Å². The Labute approximate surface area is 90.5 Å². The van der Waals surface area contributed by atoms with E-state index in [1.807, 2.05) is 0 Å². The van der Waals surface area contributed by atoms with Crippen molar-refractivity contribution < 1.29 is 18.9 Å². The van der Waals surface area contributed by atoms with Crippen molar-refractivity contribution >= 4 is 26.1 Å². The van der Waals surface area contributed by atoms with Crippen molar-refractivity contribution in [3.63, 3.8) is 0 Å². The Morgan fingerprint density at radius 1 is 1.71 bits per heavy atom. The van der Waals surface area contributed by atoms with Crippen molar-refractivity contribution in [3.05, 3.63) is 0 Å². The molecule has 0 saturated carbocycles. The summed E-state index contributed by atoms with van der Waals surface area (Å²) in [5.41, 5.74) is 0. The van der Waals surface area contributed by atoms with Crippen molar-refractivity contribution in [2.24, 2.45) is 0 Å². The molecule has 0 spiro atoms. The summed E-state index contributed by atoms with van der Waals surface area (Å²) in [5.74, 6) is 0. The van der Waals surface area contributed by atoms with Gasteiger partial charge in [0.2, 0.25) is 0 Å². The maximum Gasteiger partial charge on any atom is 0.109 e. The molecule has 80 valence electrons. The molecule has 4 nitrogen and oxygen atoms in total. The lowest BCUT2D eigenvalue weighted by Gasteiger charge is -2.29. The number of hydrogen-bond acceptors (Lipinski definition) is 5. The first kappa shape index (κ1) is 12.6. The van der Waals surface area contributed by atoms with Gasteiger partial charge in [0, 0.05) is 13.1 Å². The topological polar surface area (TPSA) is 50.8 Å². The molecule has 0 amide bonds. The summed E-state index contributed by atoms with van der Waals surface area (Å²) < 4.78 is 15.5. The fourth-order valence-electron chi connectivity index (χ4n) is 1.42. The van der Waals surface area contributed by atoms with Gasteiger partial charge in [-0.25, -0.2) is 0 Å². The molecule has 0 aromatic rings. The zero-order chi connectivity index (χ0) is 10.8. The molecule has 2 radical (unpaired) electrons. The van der Waals surface area contributed by atoms with Crippen LogP contribution in [0, 0.1) is 0 Å². The molecule has 1 saturated heterocycles. The SMILES string of the molecule is [B][C@H]1C[C@H](OP(C)([O-])=S)[C@@H](COC)O1. The van der Waals surface area contributed by atoms with Crippen LogP contribution in [0.3, 0.4) is 0 Å². The number of rotatable bonds is 4. The highest BCUT2D eigenvalue weighted by Crippen LogP contribution is 2.38. The van der Waals surface area contributed by atoms with E-state index in [4.69, 9.17) is 33.7 Å². The van der Waals surface area contributed by atoms with Crippen LogP contribution in [0.2, 0.25) is 0 Å². The van der Waals surface area contributed by atoms with Gasteiger partial charge < -0.3 is 18.9 Å². The Hall–Kier alpha value is 0.555. The lowest BCUT2D eigenvalue weighted by molar-refractivity contribution is -0.186. The molecule has 1 aliphatic heterocycles. The molecule has 1 unspecified atom stereocenters. The molecule has 0 bridgehead atoms. The molecule has 0 N–H and O–H groups in total. The second-order valence-corrected chi connectivity index (χ2v) is 7.06. The van der Waals surface area contributed by atoms with Gasteiger partial charge >= 0.3 is 0 Å². The van der Waals surface area contributed by atoms with Crippen LogP contribution >= 0.6 is 6.49 Å². The van der Waals surface area contributed by atoms with Gasteiger partial charge in [0.1, 0.15) is 14.0 Å². The van der Waals surface area contributed by atoms with E-state index in [-0.39, 0.29) is 18.2 Å². The van der Waals surface area contributed by atoms with Crippen molar-refractivity contribution in [1.82, 2.24) is 0 Å². The van der Waals surface area contributed by atoms with Gasteiger partial charge in [-0.05, 0) is 19.6 Å². The maximum absolute atomic E-state index is 11.3. The predicted octanol–water partition coefficient (Wildman–Crippen LogP) is -0.399. The summed E-state index contributed by atoms with van der Waals surface area (Å²) in [6, 6.07) is -0.387. The first-order valence-corrected chi connectivity index (χ1v) is 7.38. The summed E-state index contributed by atoms with van der Waals surface area (Å²) in [6.45, 7) is -1.14. The van der Waals surface area contributed by atoms with E-state index in [1.165, 1.54) is 6.66 Å². The van der Waals surface area contributed by atoms with Crippen LogP contribution in [0.25, 0.3) is 0 Å². The summed E-state index contributed by atoms with van der Waals surface area (Å²) in [7, 11) is 7.14. The maximum atomic E-state index is 11.3. The Kier molecular flexibility index (Phi) is 4.56. The van der Waals surface area contributed by atoms with Crippen molar-refractivity contribution in [2.45, 2.75) is 24.6 Å². The number of ether oxygens (including phenoxy) is 2. The Morgan fingerprint density at radius 3 is 2.86 bits per heavy atom. The molecule has 14 heavy (non-hydrogen) atoms. The summed E-state index contributed by atoms with van der Waals surface area (Å²) in [6.07, 6.45) is -0.0906. The monoisotopic (exact) mass is 235 g/mol. The third-order valence-corrected chi connectivity index (χ3v) is 2.80. The summed E-state index contributed by atoms with van der Waals surface area (Å²) in [5, 5.41) is 0. The molecule has 1 heterocycles. The third-order valence-electron chi connectivity index (χ3n) is 1.89. The molecule has 1 rings (SSSR count). The van der Waals surface area contributed by atoms with E-state index in [2.05, 4.69) is 0 Å². The van der Waals surface area contributed by atoms with Crippen molar-refractivity contribution in [3.8, 4) is 0 Å². The van der Waals surface area contributed by atoms with Crippen LogP contribution in [0.5, 0.6) is 0 Å². The number of hydrogen-bond donors (Lipinski definition) is 0. The average Bonchev–Trinajstić information content (AvgIpc) is 2.28. The predicted molar refractivity (Wildman–Crippen MR) is 56.0 cm³/mol. The summed E-state index contributed by atoms with van der Waals surface area (Å²) in [4.78, 5) is 11.3. The second-order valence-electron chi connectivity index (χ2n) is 3.32. The van der Waals surface area contributed by atoms with Crippen LogP contribution in [-0.4, -0.2) is 46.4 Å². The lowest BCUT2D eigenvalue weighted by Crippen LogP contribution is -2.29. The molecule has 1 aliphatic rings. The Bertz CT molecular complexity index is 234. The fourth-order valence-corrected chi connectivity index (χ4v) is 2.46. The molecule has 7 heteroatoms. The van der Waals surface area contributed by atoms with Crippen LogP contribution in [0.1, 0.15) is 6.42 Å². The van der Waals surface area contributed by atoms with Crippen molar-refractivity contribution in [2.75, 3.05) is 20.4 Å². The van der Waals surface area contributed by atoms with Crippen LogP contribution in [0.15, 0.2) is 0 Å². The minimum atomic E-state index is -2.91. The van der Waals surface area contributed by atoms with E-state index < -0.39 is 6.49 Å². The second kappa shape index (κ2) is 5.06. The average molecular weight is 235 g/mol. The van der Waals surface area contributed by atoms with E-state index in [0.29, 0.717) is 13.0 Å². The van der Waals surface area contributed by atoms with Gasteiger partial charge in [0.25, 0.3) is 0 Å². The molecular weight excluding hydrogens is 222 g/mol. The van der Waals surface area contributed by atoms with Crippen LogP contribution in [0.4, 0.5) is 0 Å². The molecule has 1 fully saturated rings. The standard InChI is InChI=1S/C7H14BO4PS/c1-10-4-6-5(3-7(8)11-6)12-13(2,9)14/h5-7H,3-4H2,1-2H3,(H,9,14)/p-1/t5-,6+,7+,13?/m0/s1. The smallest absolute Gasteiger partial charge is 0.109 e. The van der Waals surface area contributed by atoms with Gasteiger partial charge in [0.05, 0.1) is 12.7 Å². The van der Waals surface area contributed by atoms with Gasteiger partial charge in [-0.15, -0.1) is 0 Å². The highest BCUT2D eigenvalue weighted by Gasteiger charge is 2.33. The van der Waals surface area contributed by atoms with Gasteiger partial charge in [-0.3, -0.25) is 0 Å². The normalized spacial score (nSPS) is 36.9. The van der Waals surface area contributed by atoms with Crippen molar-refractivity contribution in [1.29, 1.82) is 0 Å². The summed E-state index contributed by atoms with van der Waals surface area (Å²) >= 11 is 4.69.